The standard InChI is InChI=1S/C28H33FN2O3S2/c1-6-21(5)31(36(33,34)28-19(3)15-18(2)16-20(28)4)17-26(32)30-13-11-25-24(12-14-35-25)27(30)22-7-9-23(29)10-8-22/h7-10,12,14-16,21,27H,6,11,13,17H2,1-5H3. The number of amides is 1. The highest BCUT2D eigenvalue weighted by Crippen LogP contribution is 2.38. The van der Waals surface area contributed by atoms with E-state index in [1.165, 1.54) is 21.3 Å². The lowest BCUT2D eigenvalue weighted by molar-refractivity contribution is -0.133. The second-order valence-electron chi connectivity index (χ2n) is 9.63. The average Bonchev–Trinajstić information content (AvgIpc) is 3.30. The summed E-state index contributed by atoms with van der Waals surface area (Å²) in [6, 6.07) is 11.2. The minimum atomic E-state index is -3.92. The molecule has 1 aliphatic rings. The Balaban J connectivity index is 1.72. The topological polar surface area (TPSA) is 57.7 Å². The van der Waals surface area contributed by atoms with Crippen molar-refractivity contribution in [2.45, 2.75) is 64.4 Å². The van der Waals surface area contributed by atoms with E-state index in [0.29, 0.717) is 30.5 Å². The van der Waals surface area contributed by atoms with Gasteiger partial charge in [-0.2, -0.15) is 4.31 Å². The molecule has 1 aromatic heterocycles. The fourth-order valence-corrected chi connectivity index (χ4v) is 8.16. The third-order valence-electron chi connectivity index (χ3n) is 7.02. The van der Waals surface area contributed by atoms with E-state index in [0.717, 1.165) is 16.7 Å². The molecule has 0 fully saturated rings. The van der Waals surface area contributed by atoms with Crippen molar-refractivity contribution in [3.8, 4) is 0 Å². The zero-order valence-corrected chi connectivity index (χ0v) is 23.0. The zero-order chi connectivity index (χ0) is 26.2. The zero-order valence-electron chi connectivity index (χ0n) is 21.4. The molecule has 2 atom stereocenters. The summed E-state index contributed by atoms with van der Waals surface area (Å²) in [6.45, 7) is 9.54. The molecule has 3 aromatic rings. The van der Waals surface area contributed by atoms with Gasteiger partial charge in [-0.05, 0) is 86.4 Å². The number of carbonyl (C=O) groups excluding carboxylic acids is 1. The number of aryl methyl sites for hydroxylation is 3. The van der Waals surface area contributed by atoms with Gasteiger partial charge in [0.05, 0.1) is 17.5 Å². The monoisotopic (exact) mass is 528 g/mol. The summed E-state index contributed by atoms with van der Waals surface area (Å²) in [5, 5.41) is 2.01. The lowest BCUT2D eigenvalue weighted by atomic mass is 9.93. The molecule has 1 aliphatic heterocycles. The van der Waals surface area contributed by atoms with Crippen LogP contribution in [0, 0.1) is 26.6 Å². The Morgan fingerprint density at radius 2 is 1.78 bits per heavy atom. The summed E-state index contributed by atoms with van der Waals surface area (Å²) in [7, 11) is -3.92. The van der Waals surface area contributed by atoms with Gasteiger partial charge >= 0.3 is 0 Å². The molecule has 0 radical (unpaired) electrons. The number of halogens is 1. The number of benzene rings is 2. The number of hydrogen-bond acceptors (Lipinski definition) is 4. The summed E-state index contributed by atoms with van der Waals surface area (Å²) in [5.74, 6) is -0.594. The molecular formula is C28H33FN2O3S2. The van der Waals surface area contributed by atoms with Crippen molar-refractivity contribution in [1.29, 1.82) is 0 Å². The van der Waals surface area contributed by atoms with Gasteiger partial charge < -0.3 is 4.90 Å². The Morgan fingerprint density at radius 3 is 2.39 bits per heavy atom. The molecule has 192 valence electrons. The molecule has 0 spiro atoms. The maximum Gasteiger partial charge on any atom is 0.244 e. The minimum absolute atomic E-state index is 0.249. The van der Waals surface area contributed by atoms with Crippen LogP contribution in [0.5, 0.6) is 0 Å². The minimum Gasteiger partial charge on any atom is -0.330 e. The number of hydrogen-bond donors (Lipinski definition) is 0. The predicted molar refractivity (Wildman–Crippen MR) is 142 cm³/mol. The van der Waals surface area contributed by atoms with Crippen molar-refractivity contribution < 1.29 is 17.6 Å². The molecule has 36 heavy (non-hydrogen) atoms. The van der Waals surface area contributed by atoms with Crippen molar-refractivity contribution in [2.75, 3.05) is 13.1 Å². The lowest BCUT2D eigenvalue weighted by Crippen LogP contribution is -2.49. The first-order chi connectivity index (χ1) is 17.0. The number of nitrogens with zero attached hydrogens (tertiary/aromatic N) is 2. The van der Waals surface area contributed by atoms with Gasteiger partial charge in [0, 0.05) is 17.5 Å². The predicted octanol–water partition coefficient (Wildman–Crippen LogP) is 5.78. The Hall–Kier alpha value is -2.55. The molecule has 4 rings (SSSR count). The average molecular weight is 529 g/mol. The van der Waals surface area contributed by atoms with Gasteiger partial charge in [0.2, 0.25) is 15.9 Å². The fraction of sp³-hybridized carbons (Fsp3) is 0.393. The van der Waals surface area contributed by atoms with Crippen LogP contribution >= 0.6 is 11.3 Å². The van der Waals surface area contributed by atoms with E-state index in [9.17, 15) is 17.6 Å². The van der Waals surface area contributed by atoms with E-state index in [1.54, 1.807) is 42.2 Å². The normalized spacial score (nSPS) is 16.8. The summed E-state index contributed by atoms with van der Waals surface area (Å²) in [4.78, 5) is 17.1. The van der Waals surface area contributed by atoms with Crippen LogP contribution in [0.25, 0.3) is 0 Å². The number of carbonyl (C=O) groups is 1. The summed E-state index contributed by atoms with van der Waals surface area (Å²) >= 11 is 1.65. The summed E-state index contributed by atoms with van der Waals surface area (Å²) < 4.78 is 43.0. The Labute approximate surface area is 217 Å². The van der Waals surface area contributed by atoms with Crippen LogP contribution in [-0.4, -0.2) is 42.7 Å². The first kappa shape index (κ1) is 26.5. The van der Waals surface area contributed by atoms with Crippen molar-refractivity contribution in [2.24, 2.45) is 0 Å². The van der Waals surface area contributed by atoms with Gasteiger partial charge in [-0.1, -0.05) is 36.8 Å². The third kappa shape index (κ3) is 4.99. The van der Waals surface area contributed by atoms with E-state index in [2.05, 4.69) is 0 Å². The quantitative estimate of drug-likeness (QED) is 0.391. The van der Waals surface area contributed by atoms with Crippen LogP contribution in [0.2, 0.25) is 0 Å². The molecule has 2 unspecified atom stereocenters. The molecule has 0 bridgehead atoms. The maximum absolute atomic E-state index is 14.0. The van der Waals surface area contributed by atoms with E-state index in [-0.39, 0.29) is 35.2 Å². The van der Waals surface area contributed by atoms with E-state index < -0.39 is 10.0 Å². The molecule has 1 amide bonds. The van der Waals surface area contributed by atoms with Crippen LogP contribution in [0.3, 0.4) is 0 Å². The van der Waals surface area contributed by atoms with Gasteiger partial charge in [0.25, 0.3) is 0 Å². The third-order valence-corrected chi connectivity index (χ3v) is 10.3. The first-order valence-electron chi connectivity index (χ1n) is 12.3. The van der Waals surface area contributed by atoms with Crippen LogP contribution < -0.4 is 0 Å². The van der Waals surface area contributed by atoms with E-state index in [1.807, 2.05) is 44.4 Å². The van der Waals surface area contributed by atoms with E-state index >= 15 is 0 Å². The van der Waals surface area contributed by atoms with Gasteiger partial charge in [-0.25, -0.2) is 12.8 Å². The molecule has 0 N–H and O–H groups in total. The molecule has 0 saturated heterocycles. The van der Waals surface area contributed by atoms with Gasteiger partial charge in [0.15, 0.2) is 0 Å². The molecule has 2 heterocycles. The van der Waals surface area contributed by atoms with Crippen LogP contribution in [0.15, 0.2) is 52.7 Å². The Morgan fingerprint density at radius 1 is 1.14 bits per heavy atom. The Bertz CT molecular complexity index is 1340. The second-order valence-corrected chi connectivity index (χ2v) is 12.5. The van der Waals surface area contributed by atoms with Gasteiger partial charge in [-0.15, -0.1) is 11.3 Å². The number of fused-ring (bicyclic) bond motifs is 1. The smallest absolute Gasteiger partial charge is 0.244 e. The second kappa shape index (κ2) is 10.4. The molecular weight excluding hydrogens is 495 g/mol. The first-order valence-corrected chi connectivity index (χ1v) is 14.6. The highest BCUT2D eigenvalue weighted by molar-refractivity contribution is 7.89. The van der Waals surface area contributed by atoms with Gasteiger partial charge in [0.1, 0.15) is 5.82 Å². The SMILES string of the molecule is CCC(C)N(CC(=O)N1CCc2sccc2C1c1ccc(F)cc1)S(=O)(=O)c1c(C)cc(C)cc1C. The van der Waals surface area contributed by atoms with Crippen molar-refractivity contribution in [1.82, 2.24) is 9.21 Å². The van der Waals surface area contributed by atoms with Crippen molar-refractivity contribution in [3.63, 3.8) is 0 Å². The molecule has 0 aliphatic carbocycles. The highest BCUT2D eigenvalue weighted by Gasteiger charge is 2.37. The van der Waals surface area contributed by atoms with Crippen LogP contribution in [0.1, 0.15) is 59.0 Å². The van der Waals surface area contributed by atoms with Gasteiger partial charge in [-0.3, -0.25) is 4.79 Å². The number of rotatable bonds is 7. The fourth-order valence-electron chi connectivity index (χ4n) is 5.19. The highest BCUT2D eigenvalue weighted by atomic mass is 32.2. The summed E-state index contributed by atoms with van der Waals surface area (Å²) in [6.07, 6.45) is 1.29. The Kier molecular flexibility index (Phi) is 7.69. The van der Waals surface area contributed by atoms with Crippen LogP contribution in [-0.2, 0) is 21.2 Å². The van der Waals surface area contributed by atoms with Crippen LogP contribution in [0.4, 0.5) is 4.39 Å². The largest absolute Gasteiger partial charge is 0.330 e. The maximum atomic E-state index is 14.0. The molecule has 0 saturated carbocycles. The lowest BCUT2D eigenvalue weighted by Gasteiger charge is -2.38. The molecule has 8 heteroatoms. The van der Waals surface area contributed by atoms with Crippen molar-refractivity contribution in [3.05, 3.63) is 86.4 Å². The number of thiophene rings is 1. The van der Waals surface area contributed by atoms with E-state index in [4.69, 9.17) is 0 Å². The molecule has 2 aromatic carbocycles. The van der Waals surface area contributed by atoms with Crippen molar-refractivity contribution >= 4 is 27.3 Å². The molecule has 5 nitrogen and oxygen atoms in total. The number of sulfonamides is 1. The summed E-state index contributed by atoms with van der Waals surface area (Å²) in [5.41, 5.74) is 4.19.